The van der Waals surface area contributed by atoms with Gasteiger partial charge in [0.05, 0.1) is 31.2 Å². The number of amides is 1. The first-order valence-electron chi connectivity index (χ1n) is 18.0. The quantitative estimate of drug-likeness (QED) is 0.148. The Hall–Kier alpha value is -5.14. The molecule has 0 N–H and O–H groups in total. The molecule has 1 atom stereocenters. The lowest BCUT2D eigenvalue weighted by atomic mass is 9.89. The number of likely N-dealkylation sites (tertiary alicyclic amines) is 1. The summed E-state index contributed by atoms with van der Waals surface area (Å²) in [6.45, 7) is 11.2. The SMILES string of the molecule is COc1cc(-c2cn(C)c(=O)c3cnccc23)cc(OC)c1CN1CCC(N(C)c2cccc3c2CCN(C(=O)C(C#N)=CC(C)(C)C)C3C)CC1. The molecule has 4 heterocycles. The van der Waals surface area contributed by atoms with Crippen LogP contribution in [0.1, 0.15) is 63.3 Å². The minimum atomic E-state index is -0.259. The summed E-state index contributed by atoms with van der Waals surface area (Å²) in [5, 5.41) is 11.2. The summed E-state index contributed by atoms with van der Waals surface area (Å²) in [5.74, 6) is 1.30. The molecule has 0 saturated carbocycles. The number of fused-ring (bicyclic) bond motifs is 2. The minimum Gasteiger partial charge on any atom is -0.496 e. The van der Waals surface area contributed by atoms with Crippen molar-refractivity contribution in [3.63, 3.8) is 0 Å². The third kappa shape index (κ3) is 7.15. The number of nitrogens with zero attached hydrogens (tertiary/aromatic N) is 6. The topological polar surface area (TPSA) is 104 Å². The van der Waals surface area contributed by atoms with E-state index in [-0.39, 0.29) is 28.5 Å². The van der Waals surface area contributed by atoms with Gasteiger partial charge in [-0.25, -0.2) is 0 Å². The van der Waals surface area contributed by atoms with Gasteiger partial charge in [0.2, 0.25) is 0 Å². The summed E-state index contributed by atoms with van der Waals surface area (Å²) in [6.07, 6.45) is 9.72. The van der Waals surface area contributed by atoms with Crippen LogP contribution in [0, 0.1) is 16.7 Å². The number of methoxy groups -OCH3 is 2. The number of rotatable bonds is 8. The fraction of sp³-hybridized carbons (Fsp3) is 0.429. The van der Waals surface area contributed by atoms with Crippen LogP contribution in [0.15, 0.2) is 71.4 Å². The van der Waals surface area contributed by atoms with E-state index in [1.165, 1.54) is 11.3 Å². The first-order chi connectivity index (χ1) is 24.8. The van der Waals surface area contributed by atoms with Crippen molar-refractivity contribution in [1.29, 1.82) is 5.26 Å². The zero-order valence-electron chi connectivity index (χ0n) is 31.7. The third-order valence-corrected chi connectivity index (χ3v) is 10.7. The van der Waals surface area contributed by atoms with E-state index < -0.39 is 0 Å². The average Bonchev–Trinajstić information content (AvgIpc) is 3.14. The van der Waals surface area contributed by atoms with Crippen LogP contribution in [0.4, 0.5) is 5.69 Å². The number of nitriles is 1. The number of allylic oxidation sites excluding steroid dienone is 1. The maximum Gasteiger partial charge on any atom is 0.264 e. The number of anilines is 1. The Bertz CT molecular complexity index is 2090. The highest BCUT2D eigenvalue weighted by molar-refractivity contribution is 5.98. The van der Waals surface area contributed by atoms with E-state index in [0.717, 1.165) is 71.5 Å². The van der Waals surface area contributed by atoms with Crippen LogP contribution in [-0.4, -0.2) is 72.2 Å². The summed E-state index contributed by atoms with van der Waals surface area (Å²) < 4.78 is 13.5. The Balaban J connectivity index is 1.17. The van der Waals surface area contributed by atoms with Crippen LogP contribution in [0.3, 0.4) is 0 Å². The highest BCUT2D eigenvalue weighted by atomic mass is 16.5. The van der Waals surface area contributed by atoms with E-state index >= 15 is 0 Å². The molecule has 272 valence electrons. The van der Waals surface area contributed by atoms with Crippen molar-refractivity contribution in [3.8, 4) is 28.7 Å². The van der Waals surface area contributed by atoms with Gasteiger partial charge in [0, 0.05) is 76.2 Å². The number of hydrogen-bond acceptors (Lipinski definition) is 8. The summed E-state index contributed by atoms with van der Waals surface area (Å²) in [6, 6.07) is 14.8. The zero-order chi connectivity index (χ0) is 37.3. The molecule has 1 saturated heterocycles. The van der Waals surface area contributed by atoms with Crippen molar-refractivity contribution in [1.82, 2.24) is 19.4 Å². The normalized spacial score (nSPS) is 17.1. The second kappa shape index (κ2) is 14.8. The Morgan fingerprint density at radius 2 is 1.77 bits per heavy atom. The van der Waals surface area contributed by atoms with Gasteiger partial charge in [-0.2, -0.15) is 5.26 Å². The molecule has 1 unspecified atom stereocenters. The molecule has 0 radical (unpaired) electrons. The highest BCUT2D eigenvalue weighted by Crippen LogP contribution is 2.40. The number of carbonyl (C=O) groups is 1. The van der Waals surface area contributed by atoms with Gasteiger partial charge in [0.25, 0.3) is 11.5 Å². The van der Waals surface area contributed by atoms with Crippen LogP contribution in [0.5, 0.6) is 11.5 Å². The van der Waals surface area contributed by atoms with Gasteiger partial charge in [0.15, 0.2) is 0 Å². The Labute approximate surface area is 306 Å². The fourth-order valence-electron chi connectivity index (χ4n) is 7.91. The second-order valence-corrected chi connectivity index (χ2v) is 15.2. The molecule has 52 heavy (non-hydrogen) atoms. The van der Waals surface area contributed by atoms with Crippen molar-refractivity contribution in [2.75, 3.05) is 45.8 Å². The van der Waals surface area contributed by atoms with Crippen molar-refractivity contribution in [2.45, 2.75) is 65.6 Å². The van der Waals surface area contributed by atoms with Crippen molar-refractivity contribution in [3.05, 3.63) is 93.7 Å². The maximum atomic E-state index is 13.5. The number of piperidine rings is 1. The van der Waals surface area contributed by atoms with E-state index in [4.69, 9.17) is 9.47 Å². The van der Waals surface area contributed by atoms with Gasteiger partial charge in [-0.3, -0.25) is 19.5 Å². The lowest BCUT2D eigenvalue weighted by molar-refractivity contribution is -0.129. The first kappa shape index (κ1) is 36.6. The Morgan fingerprint density at radius 3 is 2.40 bits per heavy atom. The van der Waals surface area contributed by atoms with Gasteiger partial charge in [-0.15, -0.1) is 0 Å². The molecule has 0 spiro atoms. The van der Waals surface area contributed by atoms with E-state index in [9.17, 15) is 14.9 Å². The largest absolute Gasteiger partial charge is 0.496 e. The van der Waals surface area contributed by atoms with E-state index in [1.54, 1.807) is 44.3 Å². The van der Waals surface area contributed by atoms with Crippen molar-refractivity contribution >= 4 is 22.4 Å². The van der Waals surface area contributed by atoms with Crippen LogP contribution < -0.4 is 19.9 Å². The minimum absolute atomic E-state index is 0.0869. The van der Waals surface area contributed by atoms with Crippen LogP contribution in [-0.2, 0) is 24.8 Å². The van der Waals surface area contributed by atoms with Gasteiger partial charge in [0.1, 0.15) is 23.1 Å². The number of aromatic nitrogens is 2. The molecule has 1 amide bonds. The van der Waals surface area contributed by atoms with E-state index in [0.29, 0.717) is 24.5 Å². The molecule has 0 aliphatic carbocycles. The summed E-state index contributed by atoms with van der Waals surface area (Å²) >= 11 is 0. The number of ether oxygens (including phenoxy) is 2. The molecule has 2 aliphatic heterocycles. The molecule has 4 aromatic rings. The van der Waals surface area contributed by atoms with E-state index in [1.807, 2.05) is 50.1 Å². The Morgan fingerprint density at radius 1 is 1.08 bits per heavy atom. The van der Waals surface area contributed by atoms with Gasteiger partial charge >= 0.3 is 0 Å². The molecule has 2 aromatic heterocycles. The molecule has 10 heteroatoms. The maximum absolute atomic E-state index is 13.5. The average molecular weight is 703 g/mol. The lowest BCUT2D eigenvalue weighted by Crippen LogP contribution is -2.44. The van der Waals surface area contributed by atoms with Crippen molar-refractivity contribution in [2.24, 2.45) is 12.5 Å². The number of carbonyl (C=O) groups excluding carboxylic acids is 1. The standard InChI is InChI=1S/C42H50N6O4/c1-27-31-10-9-11-37(33(31)15-19-48(27)40(49)29(23-43)22-42(2,3)4)46(6)30-13-17-47(18-14-30)26-36-38(51-7)20-28(21-39(36)52-8)35-25-45(5)41(50)34-24-44-16-12-32(34)35/h9-12,16,20-22,24-25,27,30H,13-15,17-19,26H2,1-8H3. The van der Waals surface area contributed by atoms with Gasteiger partial charge < -0.3 is 23.8 Å². The molecule has 2 aliphatic rings. The molecule has 2 aromatic carbocycles. The lowest BCUT2D eigenvalue weighted by Gasteiger charge is -2.41. The van der Waals surface area contributed by atoms with Crippen LogP contribution in [0.25, 0.3) is 21.9 Å². The van der Waals surface area contributed by atoms with Crippen LogP contribution >= 0.6 is 0 Å². The molecule has 10 nitrogen and oxygen atoms in total. The second-order valence-electron chi connectivity index (χ2n) is 15.2. The monoisotopic (exact) mass is 702 g/mol. The molecular formula is C42H50N6O4. The number of hydrogen-bond donors (Lipinski definition) is 0. The number of aryl methyl sites for hydroxylation is 1. The smallest absolute Gasteiger partial charge is 0.264 e. The predicted octanol–water partition coefficient (Wildman–Crippen LogP) is 6.66. The number of benzene rings is 2. The van der Waals surface area contributed by atoms with E-state index in [2.05, 4.69) is 53.0 Å². The first-order valence-corrected chi connectivity index (χ1v) is 18.0. The van der Waals surface area contributed by atoms with Gasteiger partial charge in [-0.1, -0.05) is 39.0 Å². The molecule has 1 fully saturated rings. The number of pyridine rings is 2. The molecule has 6 rings (SSSR count). The van der Waals surface area contributed by atoms with Crippen LogP contribution in [0.2, 0.25) is 0 Å². The zero-order valence-corrected chi connectivity index (χ0v) is 31.7. The Kier molecular flexibility index (Phi) is 10.5. The van der Waals surface area contributed by atoms with Gasteiger partial charge in [-0.05, 0) is 77.9 Å². The fourth-order valence-corrected chi connectivity index (χ4v) is 7.91. The summed E-state index contributed by atoms with van der Waals surface area (Å²) in [4.78, 5) is 37.2. The molecular weight excluding hydrogens is 652 g/mol. The molecule has 0 bridgehead atoms. The van der Waals surface area contributed by atoms with Crippen molar-refractivity contribution < 1.29 is 14.3 Å². The summed E-state index contributed by atoms with van der Waals surface area (Å²) in [5.41, 5.74) is 6.35. The highest BCUT2D eigenvalue weighted by Gasteiger charge is 2.33. The predicted molar refractivity (Wildman–Crippen MR) is 206 cm³/mol. The summed E-state index contributed by atoms with van der Waals surface area (Å²) in [7, 11) is 7.33. The third-order valence-electron chi connectivity index (χ3n) is 10.7.